The molecule has 0 saturated carbocycles. The summed E-state index contributed by atoms with van der Waals surface area (Å²) in [5, 5.41) is 3.53. The van der Waals surface area contributed by atoms with Crippen LogP contribution in [0.1, 0.15) is 52.9 Å². The summed E-state index contributed by atoms with van der Waals surface area (Å²) >= 11 is 0. The third-order valence-electron chi connectivity index (χ3n) is 3.90. The molecule has 2 atom stereocenters. The van der Waals surface area contributed by atoms with Crippen molar-refractivity contribution in [2.75, 3.05) is 26.2 Å². The molecule has 2 unspecified atom stereocenters. The highest BCUT2D eigenvalue weighted by atomic mass is 15.2. The van der Waals surface area contributed by atoms with Gasteiger partial charge in [-0.25, -0.2) is 0 Å². The van der Waals surface area contributed by atoms with E-state index in [1.165, 1.54) is 58.3 Å². The van der Waals surface area contributed by atoms with Crippen LogP contribution in [0.25, 0.3) is 0 Å². The van der Waals surface area contributed by atoms with E-state index in [9.17, 15) is 0 Å². The molecule has 16 heavy (non-hydrogen) atoms. The number of piperidine rings is 1. The fourth-order valence-electron chi connectivity index (χ4n) is 2.52. The molecule has 1 aliphatic rings. The van der Waals surface area contributed by atoms with Crippen molar-refractivity contribution in [3.8, 4) is 0 Å². The smallest absolute Gasteiger partial charge is 0.00644 e. The third kappa shape index (κ3) is 4.84. The molecule has 0 aromatic rings. The maximum atomic E-state index is 3.53. The predicted molar refractivity (Wildman–Crippen MR) is 71.8 cm³/mol. The van der Waals surface area contributed by atoms with Crippen LogP contribution in [-0.4, -0.2) is 37.1 Å². The van der Waals surface area contributed by atoms with Gasteiger partial charge in [-0.15, -0.1) is 0 Å². The Balaban J connectivity index is 2.34. The highest BCUT2D eigenvalue weighted by molar-refractivity contribution is 4.75. The Hall–Kier alpha value is -0.0800. The molecular formula is C14H30N2. The Morgan fingerprint density at radius 1 is 1.38 bits per heavy atom. The summed E-state index contributed by atoms with van der Waals surface area (Å²) < 4.78 is 0. The molecule has 0 bridgehead atoms. The molecule has 1 N–H and O–H groups in total. The van der Waals surface area contributed by atoms with Gasteiger partial charge >= 0.3 is 0 Å². The van der Waals surface area contributed by atoms with E-state index in [1.807, 2.05) is 0 Å². The van der Waals surface area contributed by atoms with Crippen molar-refractivity contribution >= 4 is 0 Å². The van der Waals surface area contributed by atoms with Gasteiger partial charge in [0, 0.05) is 12.6 Å². The third-order valence-corrected chi connectivity index (χ3v) is 3.90. The van der Waals surface area contributed by atoms with Gasteiger partial charge in [-0.1, -0.05) is 20.3 Å². The second kappa shape index (κ2) is 8.08. The molecule has 1 aliphatic heterocycles. The molecule has 0 radical (unpaired) electrons. The van der Waals surface area contributed by atoms with Gasteiger partial charge < -0.3 is 10.2 Å². The summed E-state index contributed by atoms with van der Waals surface area (Å²) in [6, 6.07) is 0.758. The molecule has 1 saturated heterocycles. The van der Waals surface area contributed by atoms with Gasteiger partial charge in [0.25, 0.3) is 0 Å². The van der Waals surface area contributed by atoms with Crippen LogP contribution in [0.2, 0.25) is 0 Å². The van der Waals surface area contributed by atoms with Crippen molar-refractivity contribution in [3.05, 3.63) is 0 Å². The normalized spacial score (nSPS) is 23.6. The molecule has 1 heterocycles. The SMILES string of the molecule is CCCCN(CC1CCCNC1)C(C)CC. The van der Waals surface area contributed by atoms with Gasteiger partial charge in [-0.05, 0) is 58.2 Å². The number of nitrogens with one attached hydrogen (secondary N) is 1. The first kappa shape index (κ1) is 14.0. The van der Waals surface area contributed by atoms with E-state index in [0.717, 1.165) is 12.0 Å². The molecule has 0 amide bonds. The Morgan fingerprint density at radius 2 is 2.19 bits per heavy atom. The van der Waals surface area contributed by atoms with Gasteiger partial charge in [0.2, 0.25) is 0 Å². The van der Waals surface area contributed by atoms with Gasteiger partial charge in [-0.2, -0.15) is 0 Å². The van der Waals surface area contributed by atoms with Crippen LogP contribution in [-0.2, 0) is 0 Å². The topological polar surface area (TPSA) is 15.3 Å². The van der Waals surface area contributed by atoms with Crippen LogP contribution in [0.15, 0.2) is 0 Å². The molecule has 0 aromatic carbocycles. The van der Waals surface area contributed by atoms with Crippen molar-refractivity contribution in [1.82, 2.24) is 10.2 Å². The maximum Gasteiger partial charge on any atom is 0.00644 e. The van der Waals surface area contributed by atoms with Gasteiger partial charge in [0.15, 0.2) is 0 Å². The molecule has 0 spiro atoms. The fourth-order valence-corrected chi connectivity index (χ4v) is 2.52. The number of unbranched alkanes of at least 4 members (excludes halogenated alkanes) is 1. The lowest BCUT2D eigenvalue weighted by Crippen LogP contribution is -2.42. The molecule has 0 aromatic heterocycles. The number of rotatable bonds is 7. The van der Waals surface area contributed by atoms with Crippen molar-refractivity contribution < 1.29 is 0 Å². The maximum absolute atomic E-state index is 3.53. The lowest BCUT2D eigenvalue weighted by Gasteiger charge is -2.33. The first-order chi connectivity index (χ1) is 7.77. The molecule has 1 fully saturated rings. The molecule has 2 heteroatoms. The lowest BCUT2D eigenvalue weighted by molar-refractivity contribution is 0.157. The van der Waals surface area contributed by atoms with Crippen molar-refractivity contribution in [2.45, 2.75) is 58.9 Å². The zero-order valence-electron chi connectivity index (χ0n) is 11.5. The minimum absolute atomic E-state index is 0.758. The van der Waals surface area contributed by atoms with Crippen molar-refractivity contribution in [3.63, 3.8) is 0 Å². The van der Waals surface area contributed by atoms with Crippen LogP contribution >= 0.6 is 0 Å². The van der Waals surface area contributed by atoms with Crippen LogP contribution < -0.4 is 5.32 Å². The second-order valence-electron chi connectivity index (χ2n) is 5.32. The summed E-state index contributed by atoms with van der Waals surface area (Å²) in [5.74, 6) is 0.889. The zero-order chi connectivity index (χ0) is 11.8. The van der Waals surface area contributed by atoms with Crippen molar-refractivity contribution in [1.29, 1.82) is 0 Å². The van der Waals surface area contributed by atoms with Crippen LogP contribution in [0.5, 0.6) is 0 Å². The standard InChI is InChI=1S/C14H30N2/c1-4-6-10-16(13(3)5-2)12-14-8-7-9-15-11-14/h13-15H,4-12H2,1-3H3. The second-order valence-corrected chi connectivity index (χ2v) is 5.32. The van der Waals surface area contributed by atoms with Crippen LogP contribution in [0.3, 0.4) is 0 Å². The van der Waals surface area contributed by atoms with E-state index >= 15 is 0 Å². The molecular weight excluding hydrogens is 196 g/mol. The Kier molecular flexibility index (Phi) is 7.06. The highest BCUT2D eigenvalue weighted by Gasteiger charge is 2.19. The number of hydrogen-bond donors (Lipinski definition) is 1. The van der Waals surface area contributed by atoms with E-state index in [0.29, 0.717) is 0 Å². The van der Waals surface area contributed by atoms with Crippen LogP contribution in [0.4, 0.5) is 0 Å². The van der Waals surface area contributed by atoms with Crippen molar-refractivity contribution in [2.24, 2.45) is 5.92 Å². The Bertz CT molecular complexity index is 164. The molecule has 1 rings (SSSR count). The number of hydrogen-bond acceptors (Lipinski definition) is 2. The first-order valence-electron chi connectivity index (χ1n) is 7.22. The lowest BCUT2D eigenvalue weighted by atomic mass is 9.98. The zero-order valence-corrected chi connectivity index (χ0v) is 11.5. The quantitative estimate of drug-likeness (QED) is 0.718. The fraction of sp³-hybridized carbons (Fsp3) is 1.00. The summed E-state index contributed by atoms with van der Waals surface area (Å²) in [5.41, 5.74) is 0. The Labute approximate surface area is 102 Å². The summed E-state index contributed by atoms with van der Waals surface area (Å²) in [7, 11) is 0. The van der Waals surface area contributed by atoms with Gasteiger partial charge in [0.1, 0.15) is 0 Å². The van der Waals surface area contributed by atoms with Crippen LogP contribution in [0, 0.1) is 5.92 Å². The first-order valence-corrected chi connectivity index (χ1v) is 7.22. The average molecular weight is 226 g/mol. The van der Waals surface area contributed by atoms with E-state index in [-0.39, 0.29) is 0 Å². The molecule has 0 aliphatic carbocycles. The van der Waals surface area contributed by atoms with Gasteiger partial charge in [0.05, 0.1) is 0 Å². The molecule has 2 nitrogen and oxygen atoms in total. The summed E-state index contributed by atoms with van der Waals surface area (Å²) in [6.45, 7) is 12.0. The average Bonchev–Trinajstić information content (AvgIpc) is 2.34. The van der Waals surface area contributed by atoms with E-state index in [1.54, 1.807) is 0 Å². The van der Waals surface area contributed by atoms with Gasteiger partial charge in [-0.3, -0.25) is 0 Å². The predicted octanol–water partition coefficient (Wildman–Crippen LogP) is 2.89. The van der Waals surface area contributed by atoms with E-state index < -0.39 is 0 Å². The summed E-state index contributed by atoms with van der Waals surface area (Å²) in [4.78, 5) is 2.71. The largest absolute Gasteiger partial charge is 0.316 e. The monoisotopic (exact) mass is 226 g/mol. The Morgan fingerprint density at radius 3 is 2.75 bits per heavy atom. The molecule has 96 valence electrons. The summed E-state index contributed by atoms with van der Waals surface area (Å²) in [6.07, 6.45) is 6.74. The minimum atomic E-state index is 0.758. The highest BCUT2D eigenvalue weighted by Crippen LogP contribution is 2.15. The van der Waals surface area contributed by atoms with E-state index in [2.05, 4.69) is 31.0 Å². The minimum Gasteiger partial charge on any atom is -0.316 e. The van der Waals surface area contributed by atoms with E-state index in [4.69, 9.17) is 0 Å². The number of nitrogens with zero attached hydrogens (tertiary/aromatic N) is 1.